The fraction of sp³-hybridized carbons (Fsp3) is 0.409. The zero-order valence-corrected chi connectivity index (χ0v) is 18.1. The molecule has 0 aliphatic heterocycles. The highest BCUT2D eigenvalue weighted by molar-refractivity contribution is 7.89. The fourth-order valence-electron chi connectivity index (χ4n) is 3.66. The second kappa shape index (κ2) is 9.74. The van der Waals surface area contributed by atoms with E-state index >= 15 is 0 Å². The van der Waals surface area contributed by atoms with Crippen LogP contribution in [-0.2, 0) is 38.8 Å². The Morgan fingerprint density at radius 2 is 1.86 bits per heavy atom. The maximum Gasteiger partial charge on any atom is 0.305 e. The first-order valence-electron chi connectivity index (χ1n) is 9.89. The van der Waals surface area contributed by atoms with Gasteiger partial charge in [0.15, 0.2) is 0 Å². The molecule has 1 N–H and O–H groups in total. The Bertz CT molecular complexity index is 957. The lowest BCUT2D eigenvalue weighted by atomic mass is 10.0. The highest BCUT2D eigenvalue weighted by Gasteiger charge is 2.24. The molecule has 1 aliphatic rings. The number of benzene rings is 2. The quantitative estimate of drug-likeness (QED) is 0.606. The zero-order valence-electron chi connectivity index (χ0n) is 16.5. The number of hydrogen-bond acceptors (Lipinski definition) is 4. The summed E-state index contributed by atoms with van der Waals surface area (Å²) >= 11 is 5.83. The summed E-state index contributed by atoms with van der Waals surface area (Å²) in [5, 5.41) is 0.508. The summed E-state index contributed by atoms with van der Waals surface area (Å²) in [5.41, 5.74) is 3.75. The van der Waals surface area contributed by atoms with Crippen LogP contribution < -0.4 is 4.72 Å². The van der Waals surface area contributed by atoms with Crippen LogP contribution in [0.25, 0.3) is 0 Å². The zero-order chi connectivity index (χ0) is 20.9. The largest absolute Gasteiger partial charge is 0.466 e. The fourth-order valence-corrected chi connectivity index (χ4v) is 4.90. The van der Waals surface area contributed by atoms with Crippen LogP contribution in [0.15, 0.2) is 47.4 Å². The van der Waals surface area contributed by atoms with Gasteiger partial charge in [-0.3, -0.25) is 4.79 Å². The SMILES string of the molecule is CCOC(=O)CCCc1ccc2c(c1)CC(CNS(=O)(=O)c1ccc(Cl)cc1)C2. The van der Waals surface area contributed by atoms with Gasteiger partial charge in [0.25, 0.3) is 0 Å². The van der Waals surface area contributed by atoms with Crippen molar-refractivity contribution < 1.29 is 17.9 Å². The Morgan fingerprint density at radius 3 is 2.59 bits per heavy atom. The molecule has 1 aliphatic carbocycles. The molecule has 1 atom stereocenters. The summed E-state index contributed by atoms with van der Waals surface area (Å²) in [7, 11) is -3.54. The Kier molecular flexibility index (Phi) is 7.33. The molecule has 0 spiro atoms. The number of carbonyl (C=O) groups excluding carboxylic acids is 1. The molecule has 7 heteroatoms. The van der Waals surface area contributed by atoms with Gasteiger partial charge in [-0.15, -0.1) is 0 Å². The summed E-state index contributed by atoms with van der Waals surface area (Å²) in [6, 6.07) is 12.6. The minimum absolute atomic E-state index is 0.151. The van der Waals surface area contributed by atoms with Gasteiger partial charge in [0.2, 0.25) is 10.0 Å². The van der Waals surface area contributed by atoms with Crippen LogP contribution in [0.5, 0.6) is 0 Å². The minimum atomic E-state index is -3.54. The molecule has 29 heavy (non-hydrogen) atoms. The monoisotopic (exact) mass is 435 g/mol. The number of fused-ring (bicyclic) bond motifs is 1. The molecule has 1 unspecified atom stereocenters. The van der Waals surface area contributed by atoms with E-state index in [4.69, 9.17) is 16.3 Å². The molecular formula is C22H26ClNO4S. The van der Waals surface area contributed by atoms with Gasteiger partial charge in [-0.2, -0.15) is 0 Å². The highest BCUT2D eigenvalue weighted by Crippen LogP contribution is 2.28. The van der Waals surface area contributed by atoms with E-state index in [1.54, 1.807) is 12.1 Å². The molecule has 0 fully saturated rings. The maximum atomic E-state index is 12.5. The highest BCUT2D eigenvalue weighted by atomic mass is 35.5. The predicted octanol–water partition coefficient (Wildman–Crippen LogP) is 3.92. The van der Waals surface area contributed by atoms with Crippen LogP contribution in [0.2, 0.25) is 5.02 Å². The van der Waals surface area contributed by atoms with E-state index in [0.717, 1.165) is 25.7 Å². The molecule has 2 aromatic rings. The van der Waals surface area contributed by atoms with Crippen molar-refractivity contribution in [1.82, 2.24) is 4.72 Å². The predicted molar refractivity (Wildman–Crippen MR) is 114 cm³/mol. The van der Waals surface area contributed by atoms with E-state index in [9.17, 15) is 13.2 Å². The molecule has 0 amide bonds. The second-order valence-corrected chi connectivity index (χ2v) is 9.55. The second-order valence-electron chi connectivity index (χ2n) is 7.34. The average Bonchev–Trinajstić information content (AvgIpc) is 3.09. The Hall–Kier alpha value is -1.89. The van der Waals surface area contributed by atoms with E-state index < -0.39 is 10.0 Å². The molecular weight excluding hydrogens is 410 g/mol. The van der Waals surface area contributed by atoms with Crippen molar-refractivity contribution in [3.05, 3.63) is 64.2 Å². The van der Waals surface area contributed by atoms with Crippen molar-refractivity contribution >= 4 is 27.6 Å². The summed E-state index contributed by atoms with van der Waals surface area (Å²) in [6.07, 6.45) is 3.74. The third-order valence-electron chi connectivity index (χ3n) is 5.13. The number of sulfonamides is 1. The molecule has 0 saturated heterocycles. The molecule has 156 valence electrons. The number of esters is 1. The lowest BCUT2D eigenvalue weighted by Gasteiger charge is -2.11. The lowest BCUT2D eigenvalue weighted by Crippen LogP contribution is -2.29. The van der Waals surface area contributed by atoms with E-state index in [2.05, 4.69) is 22.9 Å². The van der Waals surface area contributed by atoms with Crippen molar-refractivity contribution in [3.63, 3.8) is 0 Å². The number of rotatable bonds is 9. The molecule has 0 saturated carbocycles. The lowest BCUT2D eigenvalue weighted by molar-refractivity contribution is -0.143. The van der Waals surface area contributed by atoms with Crippen LogP contribution >= 0.6 is 11.6 Å². The molecule has 5 nitrogen and oxygen atoms in total. The van der Waals surface area contributed by atoms with Gasteiger partial charge in [-0.25, -0.2) is 13.1 Å². The standard InChI is InChI=1S/C22H26ClNO4S/c1-2-28-22(25)5-3-4-16-6-7-18-13-17(14-19(18)12-16)15-24-29(26,27)21-10-8-20(23)9-11-21/h6-12,17,24H,2-5,13-15H2,1H3. The van der Waals surface area contributed by atoms with Crippen molar-refractivity contribution in [3.8, 4) is 0 Å². The number of carbonyl (C=O) groups is 1. The molecule has 0 radical (unpaired) electrons. The van der Waals surface area contributed by atoms with Crippen LogP contribution in [0.1, 0.15) is 36.5 Å². The third-order valence-corrected chi connectivity index (χ3v) is 6.82. The Balaban J connectivity index is 1.52. The van der Waals surface area contributed by atoms with Crippen LogP contribution in [0, 0.1) is 5.92 Å². The Labute approximate surface area is 177 Å². The van der Waals surface area contributed by atoms with Gasteiger partial charge >= 0.3 is 5.97 Å². The topological polar surface area (TPSA) is 72.5 Å². The molecule has 3 rings (SSSR count). The number of hydrogen-bond donors (Lipinski definition) is 1. The summed E-state index contributed by atoms with van der Waals surface area (Å²) in [5.74, 6) is 0.0866. The van der Waals surface area contributed by atoms with E-state index in [0.29, 0.717) is 24.6 Å². The van der Waals surface area contributed by atoms with E-state index in [1.165, 1.54) is 28.8 Å². The number of ether oxygens (including phenoxy) is 1. The van der Waals surface area contributed by atoms with Crippen LogP contribution in [0.3, 0.4) is 0 Å². The normalized spacial score (nSPS) is 15.9. The molecule has 0 bridgehead atoms. The summed E-state index contributed by atoms with van der Waals surface area (Å²) in [6.45, 7) is 2.63. The van der Waals surface area contributed by atoms with Crippen molar-refractivity contribution in [2.45, 2.75) is 43.9 Å². The van der Waals surface area contributed by atoms with Gasteiger partial charge in [0.1, 0.15) is 0 Å². The Morgan fingerprint density at radius 1 is 1.14 bits per heavy atom. The molecule has 0 heterocycles. The number of aryl methyl sites for hydroxylation is 1. The van der Waals surface area contributed by atoms with Gasteiger partial charge in [0, 0.05) is 18.0 Å². The van der Waals surface area contributed by atoms with Gasteiger partial charge in [0.05, 0.1) is 11.5 Å². The van der Waals surface area contributed by atoms with Gasteiger partial charge < -0.3 is 4.74 Å². The molecule has 0 aromatic heterocycles. The van der Waals surface area contributed by atoms with Crippen LogP contribution in [0.4, 0.5) is 0 Å². The summed E-state index contributed by atoms with van der Waals surface area (Å²) < 4.78 is 32.6. The van der Waals surface area contributed by atoms with Crippen molar-refractivity contribution in [1.29, 1.82) is 0 Å². The van der Waals surface area contributed by atoms with Gasteiger partial charge in [-0.05, 0) is 79.5 Å². The third kappa shape index (κ3) is 6.04. The minimum Gasteiger partial charge on any atom is -0.466 e. The van der Waals surface area contributed by atoms with Crippen molar-refractivity contribution in [2.75, 3.05) is 13.2 Å². The maximum absolute atomic E-state index is 12.5. The smallest absolute Gasteiger partial charge is 0.305 e. The first-order chi connectivity index (χ1) is 13.9. The van der Waals surface area contributed by atoms with Gasteiger partial charge in [-0.1, -0.05) is 29.8 Å². The van der Waals surface area contributed by atoms with E-state index in [-0.39, 0.29) is 16.8 Å². The average molecular weight is 436 g/mol. The first kappa shape index (κ1) is 21.8. The first-order valence-corrected chi connectivity index (χ1v) is 11.7. The van der Waals surface area contributed by atoms with Crippen LogP contribution in [-0.4, -0.2) is 27.5 Å². The molecule has 2 aromatic carbocycles. The van der Waals surface area contributed by atoms with Crippen molar-refractivity contribution in [2.24, 2.45) is 5.92 Å². The number of halogens is 1. The van der Waals surface area contributed by atoms with E-state index in [1.807, 2.05) is 6.92 Å². The summed E-state index contributed by atoms with van der Waals surface area (Å²) in [4.78, 5) is 11.7. The number of nitrogens with one attached hydrogen (secondary N) is 1.